The Hall–Kier alpha value is -3.78. The molecule has 0 radical (unpaired) electrons. The molecule has 35 heavy (non-hydrogen) atoms. The number of carbonyl (C=O) groups is 3. The molecule has 1 fully saturated rings. The highest BCUT2D eigenvalue weighted by Gasteiger charge is 2.40. The number of hydrogen-bond donors (Lipinski definition) is 1. The molecule has 6 nitrogen and oxygen atoms in total. The van der Waals surface area contributed by atoms with E-state index in [0.717, 1.165) is 10.5 Å². The van der Waals surface area contributed by atoms with E-state index in [2.05, 4.69) is 10.3 Å². The summed E-state index contributed by atoms with van der Waals surface area (Å²) in [5.41, 5.74) is 2.71. The van der Waals surface area contributed by atoms with Gasteiger partial charge in [0.15, 0.2) is 11.0 Å². The van der Waals surface area contributed by atoms with Gasteiger partial charge in [-0.1, -0.05) is 42.1 Å². The second-order valence-corrected chi connectivity index (χ2v) is 9.23. The third kappa shape index (κ3) is 6.22. The van der Waals surface area contributed by atoms with Crippen molar-refractivity contribution in [2.24, 2.45) is 4.99 Å². The van der Waals surface area contributed by atoms with Gasteiger partial charge in [0.25, 0.3) is 0 Å². The van der Waals surface area contributed by atoms with Crippen molar-refractivity contribution in [1.29, 1.82) is 0 Å². The molecule has 0 bridgehead atoms. The lowest BCUT2D eigenvalue weighted by Crippen LogP contribution is -2.31. The van der Waals surface area contributed by atoms with Crippen molar-refractivity contribution in [2.75, 3.05) is 16.8 Å². The maximum Gasteiger partial charge on any atom is 0.247 e. The third-order valence-electron chi connectivity index (χ3n) is 5.49. The molecule has 1 heterocycles. The van der Waals surface area contributed by atoms with Gasteiger partial charge in [-0.2, -0.15) is 0 Å². The van der Waals surface area contributed by atoms with Gasteiger partial charge in [-0.3, -0.25) is 19.4 Å². The molecule has 3 aromatic rings. The molecule has 8 heteroatoms. The number of nitrogens with one attached hydrogen (secondary N) is 1. The largest absolute Gasteiger partial charge is 0.335 e. The first-order chi connectivity index (χ1) is 16.9. The van der Waals surface area contributed by atoms with Crippen LogP contribution in [0.1, 0.15) is 29.3 Å². The van der Waals surface area contributed by atoms with Gasteiger partial charge in [-0.15, -0.1) is 0 Å². The molecule has 0 aromatic heterocycles. The van der Waals surface area contributed by atoms with Gasteiger partial charge in [-0.25, -0.2) is 9.29 Å². The number of imide groups is 1. The Morgan fingerprint density at radius 2 is 1.71 bits per heavy atom. The minimum absolute atomic E-state index is 0.0285. The summed E-state index contributed by atoms with van der Waals surface area (Å²) in [5, 5.41) is 2.98. The zero-order valence-electron chi connectivity index (χ0n) is 19.1. The highest BCUT2D eigenvalue weighted by molar-refractivity contribution is 8.15. The highest BCUT2D eigenvalue weighted by Crippen LogP contribution is 2.31. The second-order valence-electron chi connectivity index (χ2n) is 8.04. The van der Waals surface area contributed by atoms with E-state index in [-0.39, 0.29) is 29.8 Å². The van der Waals surface area contributed by atoms with Gasteiger partial charge in [-0.05, 0) is 67.4 Å². The summed E-state index contributed by atoms with van der Waals surface area (Å²) in [5.74, 6) is -1.10. The van der Waals surface area contributed by atoms with Crippen LogP contribution >= 0.6 is 11.8 Å². The van der Waals surface area contributed by atoms with Crippen LogP contribution in [0.5, 0.6) is 0 Å². The Morgan fingerprint density at radius 1 is 1.03 bits per heavy atom. The van der Waals surface area contributed by atoms with Gasteiger partial charge in [0, 0.05) is 24.2 Å². The maximum absolute atomic E-state index is 13.3. The number of rotatable bonds is 7. The zero-order valence-corrected chi connectivity index (χ0v) is 19.9. The molecular weight excluding hydrogens is 465 g/mol. The molecule has 4 rings (SSSR count). The van der Waals surface area contributed by atoms with Crippen LogP contribution in [0, 0.1) is 5.82 Å². The summed E-state index contributed by atoms with van der Waals surface area (Å²) in [6.07, 6.45) is 0.739. The molecule has 2 amide bonds. The third-order valence-corrected chi connectivity index (χ3v) is 6.59. The summed E-state index contributed by atoms with van der Waals surface area (Å²) >= 11 is 1.18. The van der Waals surface area contributed by atoms with E-state index in [1.165, 1.54) is 30.8 Å². The molecule has 0 aliphatic carbocycles. The van der Waals surface area contributed by atoms with Crippen molar-refractivity contribution in [3.8, 4) is 0 Å². The van der Waals surface area contributed by atoms with Crippen molar-refractivity contribution >= 4 is 45.9 Å². The highest BCUT2D eigenvalue weighted by atomic mass is 32.2. The Labute approximate surface area is 207 Å². The molecule has 1 aliphatic heterocycles. The van der Waals surface area contributed by atoms with Crippen molar-refractivity contribution < 1.29 is 18.8 Å². The Bertz CT molecular complexity index is 1240. The Balaban J connectivity index is 1.50. The predicted octanol–water partition coefficient (Wildman–Crippen LogP) is 5.10. The number of amides is 2. The number of nitrogens with zero attached hydrogens (tertiary/aromatic N) is 2. The lowest BCUT2D eigenvalue weighted by molar-refractivity contribution is -0.121. The van der Waals surface area contributed by atoms with Crippen LogP contribution in [0.4, 0.5) is 15.8 Å². The fourth-order valence-electron chi connectivity index (χ4n) is 3.64. The van der Waals surface area contributed by atoms with Crippen LogP contribution < -0.4 is 10.2 Å². The zero-order chi connectivity index (χ0) is 24.8. The monoisotopic (exact) mass is 489 g/mol. The van der Waals surface area contributed by atoms with Crippen molar-refractivity contribution in [3.63, 3.8) is 0 Å². The summed E-state index contributed by atoms with van der Waals surface area (Å²) in [6, 6.07) is 22.2. The number of aliphatic imine (C=N–C) groups is 1. The standard InChI is InChI=1S/C27H24FN3O3S/c1-18(32)20-7-13-23(14-8-20)31-25(33)17-24(26(31)34)35-27(30-22-11-9-21(28)10-12-22)29-16-15-19-5-3-2-4-6-19/h2-14,24H,15-17H2,1H3,(H,29,30). The lowest BCUT2D eigenvalue weighted by atomic mass is 10.1. The SMILES string of the molecule is CC(=O)c1ccc(N2C(=O)CC(SC(=NCCc3ccccc3)Nc3ccc(F)cc3)C2=O)cc1. The smallest absolute Gasteiger partial charge is 0.247 e. The molecule has 1 aliphatic rings. The van der Waals surface area contributed by atoms with Crippen LogP contribution in [-0.2, 0) is 16.0 Å². The molecular formula is C27H24FN3O3S. The van der Waals surface area contributed by atoms with Gasteiger partial charge >= 0.3 is 0 Å². The van der Waals surface area contributed by atoms with Gasteiger partial charge in [0.2, 0.25) is 11.8 Å². The lowest BCUT2D eigenvalue weighted by Gasteiger charge is -2.16. The fraction of sp³-hybridized carbons (Fsp3) is 0.185. The van der Waals surface area contributed by atoms with E-state index in [9.17, 15) is 18.8 Å². The topological polar surface area (TPSA) is 78.8 Å². The normalized spacial score (nSPS) is 16.0. The first-order valence-corrected chi connectivity index (χ1v) is 12.0. The summed E-state index contributed by atoms with van der Waals surface area (Å²) < 4.78 is 13.3. The van der Waals surface area contributed by atoms with Crippen LogP contribution in [0.3, 0.4) is 0 Å². The van der Waals surface area contributed by atoms with E-state index in [0.29, 0.717) is 35.1 Å². The average Bonchev–Trinajstić information content (AvgIpc) is 3.13. The number of Topliss-reactive ketones (excluding diaryl/α,β-unsaturated/α-hetero) is 1. The Kier molecular flexibility index (Phi) is 7.72. The molecule has 1 saturated heterocycles. The van der Waals surface area contributed by atoms with Gasteiger partial charge < -0.3 is 5.32 Å². The number of thioether (sulfide) groups is 1. The molecule has 1 unspecified atom stereocenters. The molecule has 0 saturated carbocycles. The first-order valence-electron chi connectivity index (χ1n) is 11.2. The van der Waals surface area contributed by atoms with E-state index in [1.807, 2.05) is 30.3 Å². The van der Waals surface area contributed by atoms with Gasteiger partial charge in [0.05, 0.1) is 5.69 Å². The second kappa shape index (κ2) is 11.1. The average molecular weight is 490 g/mol. The number of ketones is 1. The Morgan fingerprint density at radius 3 is 2.37 bits per heavy atom. The molecule has 178 valence electrons. The molecule has 3 aromatic carbocycles. The number of carbonyl (C=O) groups excluding carboxylic acids is 3. The number of halogens is 1. The van der Waals surface area contributed by atoms with Crippen molar-refractivity contribution in [3.05, 3.63) is 95.8 Å². The maximum atomic E-state index is 13.3. The minimum atomic E-state index is -0.654. The van der Waals surface area contributed by atoms with E-state index in [1.54, 1.807) is 36.4 Å². The summed E-state index contributed by atoms with van der Waals surface area (Å²) in [4.78, 5) is 43.2. The van der Waals surface area contributed by atoms with E-state index >= 15 is 0 Å². The molecule has 1 atom stereocenters. The quantitative estimate of drug-likeness (QED) is 0.216. The van der Waals surface area contributed by atoms with Crippen molar-refractivity contribution in [1.82, 2.24) is 0 Å². The molecule has 0 spiro atoms. The van der Waals surface area contributed by atoms with Crippen LogP contribution in [-0.4, -0.2) is 34.6 Å². The predicted molar refractivity (Wildman–Crippen MR) is 137 cm³/mol. The van der Waals surface area contributed by atoms with E-state index in [4.69, 9.17) is 0 Å². The summed E-state index contributed by atoms with van der Waals surface area (Å²) in [6.45, 7) is 1.94. The number of amidine groups is 1. The van der Waals surface area contributed by atoms with Gasteiger partial charge in [0.1, 0.15) is 11.1 Å². The van der Waals surface area contributed by atoms with E-state index < -0.39 is 5.25 Å². The van der Waals surface area contributed by atoms with Crippen LogP contribution in [0.2, 0.25) is 0 Å². The van der Waals surface area contributed by atoms with Crippen LogP contribution in [0.25, 0.3) is 0 Å². The number of hydrogen-bond acceptors (Lipinski definition) is 5. The fourth-order valence-corrected chi connectivity index (χ4v) is 4.69. The first kappa shape index (κ1) is 24.3. The molecule has 1 N–H and O–H groups in total. The number of benzene rings is 3. The van der Waals surface area contributed by atoms with Crippen molar-refractivity contribution in [2.45, 2.75) is 25.0 Å². The van der Waals surface area contributed by atoms with Crippen LogP contribution in [0.15, 0.2) is 83.9 Å². The minimum Gasteiger partial charge on any atom is -0.335 e. The number of anilines is 2. The summed E-state index contributed by atoms with van der Waals surface area (Å²) in [7, 11) is 0.